The Morgan fingerprint density at radius 3 is 2.56 bits per heavy atom. The monoisotopic (exact) mass is 245 g/mol. The van der Waals surface area contributed by atoms with Crippen molar-refractivity contribution in [1.82, 2.24) is 0 Å². The van der Waals surface area contributed by atoms with Crippen molar-refractivity contribution < 1.29 is 9.15 Å². The molecule has 0 bridgehead atoms. The number of rotatable bonds is 6. The zero-order chi connectivity index (χ0) is 12.8. The summed E-state index contributed by atoms with van der Waals surface area (Å²) in [5, 5.41) is 0. The molecule has 1 unspecified atom stereocenters. The van der Waals surface area contributed by atoms with Gasteiger partial charge in [-0.25, -0.2) is 0 Å². The fraction of sp³-hybridized carbons (Fsp3) is 0.333. The van der Waals surface area contributed by atoms with Gasteiger partial charge in [-0.1, -0.05) is 25.5 Å². The minimum Gasteiger partial charge on any atom is -0.481 e. The number of hydrogen-bond acceptors (Lipinski definition) is 3. The molecule has 3 nitrogen and oxygen atoms in total. The van der Waals surface area contributed by atoms with E-state index in [1.54, 1.807) is 6.26 Å². The smallest absolute Gasteiger partial charge is 0.168 e. The average Bonchev–Trinajstić information content (AvgIpc) is 2.92. The Labute approximate surface area is 108 Å². The predicted molar refractivity (Wildman–Crippen MR) is 71.6 cm³/mol. The van der Waals surface area contributed by atoms with Crippen LogP contribution in [0.5, 0.6) is 5.75 Å². The van der Waals surface area contributed by atoms with Crippen LogP contribution in [-0.4, -0.2) is 6.54 Å². The second-order valence-corrected chi connectivity index (χ2v) is 4.25. The molecule has 0 aliphatic heterocycles. The van der Waals surface area contributed by atoms with Crippen LogP contribution in [0.2, 0.25) is 0 Å². The quantitative estimate of drug-likeness (QED) is 0.849. The molecular formula is C15H19NO2. The molecule has 3 heteroatoms. The summed E-state index contributed by atoms with van der Waals surface area (Å²) in [6.45, 7) is 2.57. The van der Waals surface area contributed by atoms with Gasteiger partial charge in [0.2, 0.25) is 0 Å². The summed E-state index contributed by atoms with van der Waals surface area (Å²) < 4.78 is 11.1. The Morgan fingerprint density at radius 1 is 1.22 bits per heavy atom. The Kier molecular flexibility index (Phi) is 4.42. The van der Waals surface area contributed by atoms with Crippen molar-refractivity contribution in [1.29, 1.82) is 0 Å². The van der Waals surface area contributed by atoms with Gasteiger partial charge in [-0.3, -0.25) is 0 Å². The minimum atomic E-state index is -0.225. The lowest BCUT2D eigenvalue weighted by Crippen LogP contribution is -2.17. The van der Waals surface area contributed by atoms with E-state index in [0.29, 0.717) is 6.54 Å². The zero-order valence-corrected chi connectivity index (χ0v) is 10.6. The molecule has 96 valence electrons. The Bertz CT molecular complexity index is 448. The van der Waals surface area contributed by atoms with Gasteiger partial charge in [-0.15, -0.1) is 0 Å². The number of furan rings is 1. The number of hydrogen-bond donors (Lipinski definition) is 1. The first-order chi connectivity index (χ1) is 8.83. The highest BCUT2D eigenvalue weighted by Gasteiger charge is 2.14. The maximum Gasteiger partial charge on any atom is 0.168 e. The molecule has 1 atom stereocenters. The van der Waals surface area contributed by atoms with E-state index in [2.05, 4.69) is 19.1 Å². The maximum absolute atomic E-state index is 5.82. The third-order valence-corrected chi connectivity index (χ3v) is 2.81. The molecular weight excluding hydrogens is 226 g/mol. The van der Waals surface area contributed by atoms with Crippen LogP contribution in [0.15, 0.2) is 47.1 Å². The first-order valence-electron chi connectivity index (χ1n) is 6.32. The van der Waals surface area contributed by atoms with E-state index in [9.17, 15) is 0 Å². The first-order valence-corrected chi connectivity index (χ1v) is 6.32. The molecule has 0 amide bonds. The second kappa shape index (κ2) is 6.26. The van der Waals surface area contributed by atoms with Crippen molar-refractivity contribution in [3.8, 4) is 5.75 Å². The lowest BCUT2D eigenvalue weighted by atomic mass is 10.1. The molecule has 1 heterocycles. The molecule has 18 heavy (non-hydrogen) atoms. The highest BCUT2D eigenvalue weighted by atomic mass is 16.5. The topological polar surface area (TPSA) is 48.4 Å². The second-order valence-electron chi connectivity index (χ2n) is 4.25. The number of aryl methyl sites for hydroxylation is 1. The molecule has 0 spiro atoms. The van der Waals surface area contributed by atoms with E-state index in [4.69, 9.17) is 14.9 Å². The van der Waals surface area contributed by atoms with Gasteiger partial charge in [0.05, 0.1) is 6.26 Å². The molecule has 2 aromatic rings. The van der Waals surface area contributed by atoms with Gasteiger partial charge in [0.25, 0.3) is 0 Å². The lowest BCUT2D eigenvalue weighted by molar-refractivity contribution is 0.184. The molecule has 0 fully saturated rings. The van der Waals surface area contributed by atoms with Crippen LogP contribution in [0.25, 0.3) is 0 Å². The van der Waals surface area contributed by atoms with Crippen molar-refractivity contribution in [2.75, 3.05) is 6.54 Å². The van der Waals surface area contributed by atoms with E-state index in [1.807, 2.05) is 24.3 Å². The summed E-state index contributed by atoms with van der Waals surface area (Å²) in [6.07, 6.45) is 3.65. The van der Waals surface area contributed by atoms with Crippen molar-refractivity contribution >= 4 is 0 Å². The molecule has 0 saturated heterocycles. The number of nitrogens with two attached hydrogens (primary N) is 1. The van der Waals surface area contributed by atoms with Crippen LogP contribution in [0, 0.1) is 0 Å². The maximum atomic E-state index is 5.82. The molecule has 2 N–H and O–H groups in total. The average molecular weight is 245 g/mol. The van der Waals surface area contributed by atoms with Gasteiger partial charge in [0.1, 0.15) is 11.5 Å². The third kappa shape index (κ3) is 3.14. The Hall–Kier alpha value is -1.74. The van der Waals surface area contributed by atoms with Crippen LogP contribution >= 0.6 is 0 Å². The van der Waals surface area contributed by atoms with Crippen LogP contribution in [0.1, 0.15) is 30.8 Å². The van der Waals surface area contributed by atoms with Crippen LogP contribution in [0.3, 0.4) is 0 Å². The van der Waals surface area contributed by atoms with Gasteiger partial charge in [-0.05, 0) is 36.2 Å². The van der Waals surface area contributed by atoms with Crippen LogP contribution < -0.4 is 10.5 Å². The molecule has 2 rings (SSSR count). The van der Waals surface area contributed by atoms with Gasteiger partial charge < -0.3 is 14.9 Å². The molecule has 0 radical (unpaired) electrons. The SMILES string of the molecule is CCCc1ccc(OC(CN)c2ccco2)cc1. The fourth-order valence-corrected chi connectivity index (χ4v) is 1.88. The van der Waals surface area contributed by atoms with E-state index >= 15 is 0 Å². The normalized spacial score (nSPS) is 12.3. The van der Waals surface area contributed by atoms with Gasteiger partial charge in [0, 0.05) is 6.54 Å². The summed E-state index contributed by atoms with van der Waals surface area (Å²) >= 11 is 0. The van der Waals surface area contributed by atoms with Gasteiger partial charge in [-0.2, -0.15) is 0 Å². The van der Waals surface area contributed by atoms with E-state index in [-0.39, 0.29) is 6.10 Å². The lowest BCUT2D eigenvalue weighted by Gasteiger charge is -2.15. The van der Waals surface area contributed by atoms with Crippen molar-refractivity contribution in [3.63, 3.8) is 0 Å². The standard InChI is InChI=1S/C15H19NO2/c1-2-4-12-6-8-13(9-7-12)18-15(11-16)14-5-3-10-17-14/h3,5-10,15H,2,4,11,16H2,1H3. The molecule has 0 aliphatic rings. The van der Waals surface area contributed by atoms with Crippen LogP contribution in [-0.2, 0) is 6.42 Å². The summed E-state index contributed by atoms with van der Waals surface area (Å²) in [5.74, 6) is 1.58. The summed E-state index contributed by atoms with van der Waals surface area (Å²) in [6, 6.07) is 11.9. The van der Waals surface area contributed by atoms with E-state index in [0.717, 1.165) is 24.4 Å². The first kappa shape index (κ1) is 12.7. The van der Waals surface area contributed by atoms with Crippen LogP contribution in [0.4, 0.5) is 0 Å². The predicted octanol–water partition coefficient (Wildman–Crippen LogP) is 3.31. The zero-order valence-electron chi connectivity index (χ0n) is 10.6. The van der Waals surface area contributed by atoms with Crippen molar-refractivity contribution in [3.05, 3.63) is 54.0 Å². The largest absolute Gasteiger partial charge is 0.481 e. The number of ether oxygens (including phenoxy) is 1. The summed E-state index contributed by atoms with van der Waals surface area (Å²) in [5.41, 5.74) is 7.03. The highest BCUT2D eigenvalue weighted by molar-refractivity contribution is 5.28. The Balaban J connectivity index is 2.03. The number of benzene rings is 1. The minimum absolute atomic E-state index is 0.225. The fourth-order valence-electron chi connectivity index (χ4n) is 1.88. The molecule has 0 saturated carbocycles. The van der Waals surface area contributed by atoms with Crippen molar-refractivity contribution in [2.24, 2.45) is 5.73 Å². The van der Waals surface area contributed by atoms with Gasteiger partial charge >= 0.3 is 0 Å². The molecule has 1 aromatic carbocycles. The third-order valence-electron chi connectivity index (χ3n) is 2.81. The summed E-state index contributed by atoms with van der Waals surface area (Å²) in [4.78, 5) is 0. The molecule has 1 aromatic heterocycles. The molecule has 0 aliphatic carbocycles. The van der Waals surface area contributed by atoms with E-state index < -0.39 is 0 Å². The summed E-state index contributed by atoms with van der Waals surface area (Å²) in [7, 11) is 0. The highest BCUT2D eigenvalue weighted by Crippen LogP contribution is 2.22. The van der Waals surface area contributed by atoms with E-state index in [1.165, 1.54) is 5.56 Å². The Morgan fingerprint density at radius 2 is 2.00 bits per heavy atom. The van der Waals surface area contributed by atoms with Crippen molar-refractivity contribution in [2.45, 2.75) is 25.9 Å². The van der Waals surface area contributed by atoms with Gasteiger partial charge in [0.15, 0.2) is 6.10 Å².